The Morgan fingerprint density at radius 3 is 3.00 bits per heavy atom. The first kappa shape index (κ1) is 15.6. The molecule has 0 fully saturated rings. The molecule has 3 rings (SSSR count). The van der Waals surface area contributed by atoms with E-state index in [2.05, 4.69) is 28.0 Å². The number of benzene rings is 1. The van der Waals surface area contributed by atoms with E-state index in [1.54, 1.807) is 6.33 Å². The molecule has 2 N–H and O–H groups in total. The summed E-state index contributed by atoms with van der Waals surface area (Å²) in [4.78, 5) is 6.77. The highest BCUT2D eigenvalue weighted by Gasteiger charge is 2.20. The van der Waals surface area contributed by atoms with Crippen LogP contribution < -0.4 is 10.6 Å². The van der Waals surface area contributed by atoms with E-state index in [-0.39, 0.29) is 12.4 Å². The van der Waals surface area contributed by atoms with E-state index in [1.165, 1.54) is 11.3 Å². The van der Waals surface area contributed by atoms with Crippen molar-refractivity contribution in [1.29, 1.82) is 0 Å². The lowest BCUT2D eigenvalue weighted by Gasteiger charge is -2.31. The van der Waals surface area contributed by atoms with Crippen molar-refractivity contribution in [3.05, 3.63) is 35.9 Å². The molecule has 0 saturated heterocycles. The van der Waals surface area contributed by atoms with Crippen LogP contribution in [0.2, 0.25) is 0 Å². The van der Waals surface area contributed by atoms with Gasteiger partial charge in [0.1, 0.15) is 12.2 Å². The quantitative estimate of drug-likeness (QED) is 0.882. The third-order valence-corrected chi connectivity index (χ3v) is 3.85. The van der Waals surface area contributed by atoms with Crippen LogP contribution in [-0.2, 0) is 19.5 Å². The number of fused-ring (bicyclic) bond motifs is 1. The summed E-state index contributed by atoms with van der Waals surface area (Å²) in [5.41, 5.74) is 9.53. The van der Waals surface area contributed by atoms with Gasteiger partial charge in [0, 0.05) is 24.5 Å². The fraction of sp³-hybridized carbons (Fsp3) is 0.467. The van der Waals surface area contributed by atoms with Crippen LogP contribution in [0.15, 0.2) is 24.5 Å². The Morgan fingerprint density at radius 2 is 2.19 bits per heavy atom. The number of aryl methyl sites for hydroxylation is 1. The molecule has 114 valence electrons. The standard InChI is InChI=1S/C15H21N5.ClH/c1-2-8-20-15(17-11-18-20)10-19-9-4-5-12-13(16)6-3-7-14(12)19;/h3,6-7,11H,2,4-5,8-10,16H2,1H3;1H. The van der Waals surface area contributed by atoms with Crippen molar-refractivity contribution in [3.8, 4) is 0 Å². The number of nitrogens with two attached hydrogens (primary N) is 1. The van der Waals surface area contributed by atoms with Crippen molar-refractivity contribution in [2.75, 3.05) is 17.2 Å². The van der Waals surface area contributed by atoms with Crippen molar-refractivity contribution < 1.29 is 0 Å². The van der Waals surface area contributed by atoms with E-state index in [9.17, 15) is 0 Å². The molecule has 1 aliphatic rings. The van der Waals surface area contributed by atoms with Gasteiger partial charge in [0.2, 0.25) is 0 Å². The highest BCUT2D eigenvalue weighted by atomic mass is 35.5. The summed E-state index contributed by atoms with van der Waals surface area (Å²) in [5, 5.41) is 4.30. The van der Waals surface area contributed by atoms with E-state index in [0.29, 0.717) is 0 Å². The van der Waals surface area contributed by atoms with Crippen LogP contribution in [-0.4, -0.2) is 21.3 Å². The molecule has 0 atom stereocenters. The fourth-order valence-electron chi connectivity index (χ4n) is 2.87. The smallest absolute Gasteiger partial charge is 0.146 e. The van der Waals surface area contributed by atoms with Gasteiger partial charge < -0.3 is 10.6 Å². The average molecular weight is 308 g/mol. The fourth-order valence-corrected chi connectivity index (χ4v) is 2.87. The van der Waals surface area contributed by atoms with Gasteiger partial charge in [0.25, 0.3) is 0 Å². The minimum atomic E-state index is 0. The Kier molecular flexibility index (Phi) is 5.07. The summed E-state index contributed by atoms with van der Waals surface area (Å²) < 4.78 is 2.00. The molecule has 0 spiro atoms. The van der Waals surface area contributed by atoms with Crippen LogP contribution >= 0.6 is 12.4 Å². The molecule has 0 saturated carbocycles. The number of anilines is 2. The Morgan fingerprint density at radius 1 is 1.33 bits per heavy atom. The minimum absolute atomic E-state index is 0. The lowest BCUT2D eigenvalue weighted by Crippen LogP contribution is -2.30. The summed E-state index contributed by atoms with van der Waals surface area (Å²) in [6.07, 6.45) is 4.93. The number of nitrogen functional groups attached to an aromatic ring is 1. The van der Waals surface area contributed by atoms with E-state index >= 15 is 0 Å². The van der Waals surface area contributed by atoms with E-state index in [0.717, 1.165) is 50.4 Å². The molecule has 0 bridgehead atoms. The topological polar surface area (TPSA) is 60.0 Å². The summed E-state index contributed by atoms with van der Waals surface area (Å²) in [7, 11) is 0. The number of aromatic nitrogens is 3. The van der Waals surface area contributed by atoms with Crippen LogP contribution in [0.1, 0.15) is 31.2 Å². The zero-order valence-corrected chi connectivity index (χ0v) is 13.1. The van der Waals surface area contributed by atoms with Crippen LogP contribution in [0, 0.1) is 0 Å². The molecule has 0 unspecified atom stereocenters. The second kappa shape index (κ2) is 6.80. The molecule has 6 heteroatoms. The van der Waals surface area contributed by atoms with Crippen molar-refractivity contribution in [1.82, 2.24) is 14.8 Å². The number of halogens is 1. The Balaban J connectivity index is 0.00000161. The highest BCUT2D eigenvalue weighted by Crippen LogP contribution is 2.31. The molecule has 0 radical (unpaired) electrons. The van der Waals surface area contributed by atoms with Crippen molar-refractivity contribution in [2.45, 2.75) is 39.3 Å². The SMILES string of the molecule is CCCn1ncnc1CN1CCCc2c(N)cccc21.Cl. The molecule has 2 aromatic rings. The molecule has 21 heavy (non-hydrogen) atoms. The Hall–Kier alpha value is -1.75. The molecule has 5 nitrogen and oxygen atoms in total. The number of nitrogens with zero attached hydrogens (tertiary/aromatic N) is 4. The summed E-state index contributed by atoms with van der Waals surface area (Å²) >= 11 is 0. The van der Waals surface area contributed by atoms with Gasteiger partial charge in [-0.25, -0.2) is 9.67 Å². The van der Waals surface area contributed by atoms with Gasteiger partial charge in [-0.1, -0.05) is 13.0 Å². The monoisotopic (exact) mass is 307 g/mol. The maximum absolute atomic E-state index is 6.09. The van der Waals surface area contributed by atoms with Gasteiger partial charge in [-0.15, -0.1) is 12.4 Å². The number of hydrogen-bond acceptors (Lipinski definition) is 4. The van der Waals surface area contributed by atoms with Gasteiger partial charge >= 0.3 is 0 Å². The maximum Gasteiger partial charge on any atom is 0.146 e. The van der Waals surface area contributed by atoms with Crippen LogP contribution in [0.4, 0.5) is 11.4 Å². The maximum atomic E-state index is 6.09. The largest absolute Gasteiger partial charge is 0.398 e. The van der Waals surface area contributed by atoms with Gasteiger partial charge in [-0.2, -0.15) is 5.10 Å². The van der Waals surface area contributed by atoms with Crippen LogP contribution in [0.3, 0.4) is 0 Å². The lowest BCUT2D eigenvalue weighted by molar-refractivity contribution is 0.555. The summed E-state index contributed by atoms with van der Waals surface area (Å²) in [5.74, 6) is 1.03. The zero-order chi connectivity index (χ0) is 13.9. The third kappa shape index (κ3) is 3.13. The van der Waals surface area contributed by atoms with Gasteiger partial charge in [0.15, 0.2) is 0 Å². The van der Waals surface area contributed by atoms with Gasteiger partial charge in [0.05, 0.1) is 6.54 Å². The van der Waals surface area contributed by atoms with Crippen LogP contribution in [0.5, 0.6) is 0 Å². The molecule has 0 aliphatic carbocycles. The summed E-state index contributed by atoms with van der Waals surface area (Å²) in [6, 6.07) is 6.18. The molecule has 0 amide bonds. The number of rotatable bonds is 4. The molecular weight excluding hydrogens is 286 g/mol. The van der Waals surface area contributed by atoms with Gasteiger partial charge in [-0.3, -0.25) is 0 Å². The Labute approximate surface area is 131 Å². The highest BCUT2D eigenvalue weighted by molar-refractivity contribution is 5.85. The van der Waals surface area contributed by atoms with Crippen LogP contribution in [0.25, 0.3) is 0 Å². The first-order valence-corrected chi connectivity index (χ1v) is 7.28. The lowest BCUT2D eigenvalue weighted by atomic mass is 10.00. The van der Waals surface area contributed by atoms with Crippen molar-refractivity contribution in [3.63, 3.8) is 0 Å². The van der Waals surface area contributed by atoms with E-state index < -0.39 is 0 Å². The van der Waals surface area contributed by atoms with E-state index in [1.807, 2.05) is 16.8 Å². The first-order chi connectivity index (χ1) is 9.79. The second-order valence-electron chi connectivity index (χ2n) is 5.27. The van der Waals surface area contributed by atoms with E-state index in [4.69, 9.17) is 5.73 Å². The predicted octanol–water partition coefficient (Wildman–Crippen LogP) is 2.64. The third-order valence-electron chi connectivity index (χ3n) is 3.85. The minimum Gasteiger partial charge on any atom is -0.398 e. The zero-order valence-electron chi connectivity index (χ0n) is 12.3. The molecule has 1 aromatic heterocycles. The average Bonchev–Trinajstić information content (AvgIpc) is 2.88. The van der Waals surface area contributed by atoms with Crippen molar-refractivity contribution >= 4 is 23.8 Å². The molecule has 2 heterocycles. The Bertz CT molecular complexity index is 595. The second-order valence-corrected chi connectivity index (χ2v) is 5.27. The normalized spacial score (nSPS) is 13.7. The first-order valence-electron chi connectivity index (χ1n) is 7.28. The molecule has 1 aromatic carbocycles. The van der Waals surface area contributed by atoms with Crippen molar-refractivity contribution in [2.24, 2.45) is 0 Å². The predicted molar refractivity (Wildman–Crippen MR) is 87.8 cm³/mol. The summed E-state index contributed by atoms with van der Waals surface area (Å²) in [6.45, 7) is 4.93. The molecular formula is C15H22ClN5. The van der Waals surface area contributed by atoms with Gasteiger partial charge in [-0.05, 0) is 37.0 Å². The number of hydrogen-bond donors (Lipinski definition) is 1. The molecule has 1 aliphatic heterocycles.